The van der Waals surface area contributed by atoms with E-state index in [1.807, 2.05) is 0 Å². The highest BCUT2D eigenvalue weighted by Gasteiger charge is 2.24. The quantitative estimate of drug-likeness (QED) is 0.574. The van der Waals surface area contributed by atoms with Crippen LogP contribution in [0.1, 0.15) is 31.1 Å². The Balaban J connectivity index is 3.18. The largest absolute Gasteiger partial charge is 0.502 e. The molecule has 0 aliphatic carbocycles. The number of hydrogen-bond acceptors (Lipinski definition) is 6. The number of nitro groups is 1. The van der Waals surface area contributed by atoms with Gasteiger partial charge in [0.15, 0.2) is 5.75 Å². The summed E-state index contributed by atoms with van der Waals surface area (Å²) in [7, 11) is 0. The summed E-state index contributed by atoms with van der Waals surface area (Å²) in [6.07, 6.45) is -0.946. The first-order chi connectivity index (χ1) is 9.51. The van der Waals surface area contributed by atoms with Gasteiger partial charge in [-0.1, -0.05) is 0 Å². The molecule has 0 heterocycles. The van der Waals surface area contributed by atoms with Gasteiger partial charge in [0.05, 0.1) is 16.2 Å². The van der Waals surface area contributed by atoms with Crippen LogP contribution in [0.3, 0.4) is 0 Å². The van der Waals surface area contributed by atoms with Gasteiger partial charge in [-0.3, -0.25) is 15.4 Å². The van der Waals surface area contributed by atoms with E-state index in [0.29, 0.717) is 6.07 Å². The molecule has 0 aliphatic rings. The zero-order valence-corrected chi connectivity index (χ0v) is 11.5. The maximum Gasteiger partial charge on any atom is 0.412 e. The number of nitrogens with zero attached hydrogens (tertiary/aromatic N) is 1. The fraction of sp³-hybridized carbons (Fsp3) is 0.333. The lowest BCUT2D eigenvalue weighted by molar-refractivity contribution is -0.385. The Kier molecular flexibility index (Phi) is 4.36. The smallest absolute Gasteiger partial charge is 0.412 e. The van der Waals surface area contributed by atoms with Crippen molar-refractivity contribution in [2.75, 3.05) is 5.32 Å². The number of hydrogen-bond donors (Lipinski definition) is 3. The standard InChI is InChI=1S/C12H14N2O7/c1-12(2,3)21-11(18)13-7-5-9(15)8(14(19)20)4-6(7)10(16)17/h4-5,15H,1-3H3,(H,13,18)(H,16,17). The molecule has 0 radical (unpaired) electrons. The molecule has 0 atom stereocenters. The third-order valence-electron chi connectivity index (χ3n) is 2.18. The van der Waals surface area contributed by atoms with Crippen LogP contribution in [0.25, 0.3) is 0 Å². The zero-order valence-electron chi connectivity index (χ0n) is 11.5. The van der Waals surface area contributed by atoms with Crippen LogP contribution in [0, 0.1) is 10.1 Å². The van der Waals surface area contributed by atoms with E-state index in [2.05, 4.69) is 5.32 Å². The molecule has 0 fully saturated rings. The second-order valence-electron chi connectivity index (χ2n) is 5.08. The minimum atomic E-state index is -1.50. The molecule has 1 aromatic carbocycles. The van der Waals surface area contributed by atoms with Gasteiger partial charge < -0.3 is 14.9 Å². The van der Waals surface area contributed by atoms with Crippen molar-refractivity contribution in [1.82, 2.24) is 0 Å². The molecule has 1 aromatic rings. The molecule has 9 heteroatoms. The van der Waals surface area contributed by atoms with Crippen LogP contribution < -0.4 is 5.32 Å². The number of phenolic OH excluding ortho intramolecular Hbond substituents is 1. The molecule has 0 aromatic heterocycles. The summed E-state index contributed by atoms with van der Waals surface area (Å²) in [6, 6.07) is 1.44. The van der Waals surface area contributed by atoms with Gasteiger partial charge in [-0.2, -0.15) is 0 Å². The van der Waals surface area contributed by atoms with E-state index in [-0.39, 0.29) is 5.69 Å². The first-order valence-corrected chi connectivity index (χ1v) is 5.76. The lowest BCUT2D eigenvalue weighted by atomic mass is 10.1. The molecule has 1 rings (SSSR count). The summed E-state index contributed by atoms with van der Waals surface area (Å²) < 4.78 is 4.94. The van der Waals surface area contributed by atoms with E-state index < -0.39 is 39.6 Å². The number of carbonyl (C=O) groups excluding carboxylic acids is 1. The first kappa shape index (κ1) is 16.2. The molecule has 9 nitrogen and oxygen atoms in total. The molecule has 3 N–H and O–H groups in total. The SMILES string of the molecule is CC(C)(C)OC(=O)Nc1cc(O)c([N+](=O)[O-])cc1C(=O)O. The number of aromatic hydroxyl groups is 1. The molecule has 114 valence electrons. The highest BCUT2D eigenvalue weighted by molar-refractivity contribution is 6.00. The predicted molar refractivity (Wildman–Crippen MR) is 71.6 cm³/mol. The highest BCUT2D eigenvalue weighted by atomic mass is 16.6. The van der Waals surface area contributed by atoms with Crippen LogP contribution >= 0.6 is 0 Å². The number of phenols is 1. The minimum Gasteiger partial charge on any atom is -0.502 e. The fourth-order valence-corrected chi connectivity index (χ4v) is 1.42. The number of carboxylic acid groups (broad SMARTS) is 1. The van der Waals surface area contributed by atoms with Gasteiger partial charge in [-0.15, -0.1) is 0 Å². The summed E-state index contributed by atoms with van der Waals surface area (Å²) in [5.74, 6) is -2.26. The summed E-state index contributed by atoms with van der Waals surface area (Å²) in [4.78, 5) is 32.4. The van der Waals surface area contributed by atoms with Crippen molar-refractivity contribution in [3.8, 4) is 5.75 Å². The lowest BCUT2D eigenvalue weighted by Gasteiger charge is -2.20. The van der Waals surface area contributed by atoms with Crippen molar-refractivity contribution in [3.63, 3.8) is 0 Å². The summed E-state index contributed by atoms with van der Waals surface area (Å²) in [5, 5.41) is 31.3. The molecule has 0 unspecified atom stereocenters. The molecule has 0 bridgehead atoms. The van der Waals surface area contributed by atoms with Crippen molar-refractivity contribution in [2.24, 2.45) is 0 Å². The fourth-order valence-electron chi connectivity index (χ4n) is 1.42. The van der Waals surface area contributed by atoms with Crippen LogP contribution in [-0.4, -0.2) is 32.8 Å². The first-order valence-electron chi connectivity index (χ1n) is 5.76. The number of nitro benzene ring substituents is 1. The topological polar surface area (TPSA) is 139 Å². The number of carbonyl (C=O) groups is 2. The number of benzene rings is 1. The van der Waals surface area contributed by atoms with Crippen LogP contribution in [0.5, 0.6) is 5.75 Å². The van der Waals surface area contributed by atoms with Gasteiger partial charge >= 0.3 is 17.7 Å². The number of carboxylic acids is 1. The molecular weight excluding hydrogens is 284 g/mol. The van der Waals surface area contributed by atoms with Crippen molar-refractivity contribution >= 4 is 23.4 Å². The van der Waals surface area contributed by atoms with E-state index in [9.17, 15) is 24.8 Å². The average molecular weight is 298 g/mol. The normalized spacial score (nSPS) is 10.8. The maximum atomic E-state index is 11.6. The monoisotopic (exact) mass is 298 g/mol. The molecule has 0 spiro atoms. The number of anilines is 1. The molecule has 0 aliphatic heterocycles. The maximum absolute atomic E-state index is 11.6. The number of amides is 1. The number of rotatable bonds is 3. The zero-order chi connectivity index (χ0) is 16.4. The van der Waals surface area contributed by atoms with E-state index in [1.54, 1.807) is 20.8 Å². The second-order valence-corrected chi connectivity index (χ2v) is 5.08. The van der Waals surface area contributed by atoms with Crippen molar-refractivity contribution < 1.29 is 29.5 Å². The van der Waals surface area contributed by atoms with E-state index in [0.717, 1.165) is 6.07 Å². The Labute approximate surface area is 119 Å². The highest BCUT2D eigenvalue weighted by Crippen LogP contribution is 2.32. The van der Waals surface area contributed by atoms with Crippen LogP contribution in [0.4, 0.5) is 16.2 Å². The van der Waals surface area contributed by atoms with Crippen LogP contribution in [0.2, 0.25) is 0 Å². The van der Waals surface area contributed by atoms with Crippen molar-refractivity contribution in [2.45, 2.75) is 26.4 Å². The Morgan fingerprint density at radius 2 is 1.90 bits per heavy atom. The summed E-state index contributed by atoms with van der Waals surface area (Å²) in [5.41, 5.74) is -2.43. The second kappa shape index (κ2) is 5.65. The van der Waals surface area contributed by atoms with Gasteiger partial charge in [-0.25, -0.2) is 9.59 Å². The number of ether oxygens (including phenoxy) is 1. The van der Waals surface area contributed by atoms with Gasteiger partial charge in [-0.05, 0) is 20.8 Å². The van der Waals surface area contributed by atoms with Gasteiger partial charge in [0, 0.05) is 12.1 Å². The molecule has 21 heavy (non-hydrogen) atoms. The Bertz CT molecular complexity index is 604. The molecule has 1 amide bonds. The Hall–Kier alpha value is -2.84. The van der Waals surface area contributed by atoms with Crippen LogP contribution in [-0.2, 0) is 4.74 Å². The molecule has 0 saturated heterocycles. The van der Waals surface area contributed by atoms with E-state index in [4.69, 9.17) is 9.84 Å². The third-order valence-corrected chi connectivity index (χ3v) is 2.18. The number of nitrogens with one attached hydrogen (secondary N) is 1. The van der Waals surface area contributed by atoms with Gasteiger partial charge in [0.1, 0.15) is 5.60 Å². The van der Waals surface area contributed by atoms with Gasteiger partial charge in [0.25, 0.3) is 0 Å². The average Bonchev–Trinajstić information content (AvgIpc) is 2.24. The van der Waals surface area contributed by atoms with Crippen molar-refractivity contribution in [3.05, 3.63) is 27.8 Å². The lowest BCUT2D eigenvalue weighted by Crippen LogP contribution is -2.27. The Morgan fingerprint density at radius 3 is 2.33 bits per heavy atom. The minimum absolute atomic E-state index is 0.306. The molecular formula is C12H14N2O7. The molecule has 0 saturated carbocycles. The van der Waals surface area contributed by atoms with E-state index >= 15 is 0 Å². The van der Waals surface area contributed by atoms with E-state index in [1.165, 1.54) is 0 Å². The van der Waals surface area contributed by atoms with Crippen LogP contribution in [0.15, 0.2) is 12.1 Å². The summed E-state index contributed by atoms with van der Waals surface area (Å²) >= 11 is 0. The number of aromatic carboxylic acids is 1. The predicted octanol–water partition coefficient (Wildman–Crippen LogP) is 2.35. The van der Waals surface area contributed by atoms with Gasteiger partial charge in [0.2, 0.25) is 0 Å². The third kappa shape index (κ3) is 4.34. The summed E-state index contributed by atoms with van der Waals surface area (Å²) in [6.45, 7) is 4.83. The Morgan fingerprint density at radius 1 is 1.33 bits per heavy atom. The van der Waals surface area contributed by atoms with Crippen molar-refractivity contribution in [1.29, 1.82) is 0 Å².